The van der Waals surface area contributed by atoms with Crippen molar-refractivity contribution in [2.75, 3.05) is 4.72 Å². The highest BCUT2D eigenvalue weighted by Gasteiger charge is 2.32. The van der Waals surface area contributed by atoms with E-state index in [1.165, 1.54) is 35.3 Å². The number of nitrogens with zero attached hydrogens (tertiary/aromatic N) is 2. The Morgan fingerprint density at radius 3 is 2.46 bits per heavy atom. The number of alkyl halides is 3. The fraction of sp³-hybridized carbons (Fsp3) is 0.0625. The first-order valence-corrected chi connectivity index (χ1v) is 9.44. The molecular weight excluding hydrogens is 435 g/mol. The van der Waals surface area contributed by atoms with Gasteiger partial charge in [-0.25, -0.2) is 13.1 Å². The van der Waals surface area contributed by atoms with Crippen LogP contribution in [0.4, 0.5) is 18.9 Å². The number of nitrogens with one attached hydrogen (secondary N) is 1. The van der Waals surface area contributed by atoms with Crippen molar-refractivity contribution in [3.8, 4) is 5.69 Å². The molecule has 3 rings (SSSR count). The molecule has 0 bridgehead atoms. The van der Waals surface area contributed by atoms with Crippen LogP contribution in [0.3, 0.4) is 0 Å². The molecule has 1 heterocycles. The molecule has 0 radical (unpaired) electrons. The van der Waals surface area contributed by atoms with Crippen molar-refractivity contribution in [2.24, 2.45) is 0 Å². The van der Waals surface area contributed by atoms with Crippen LogP contribution in [0, 0.1) is 0 Å². The lowest BCUT2D eigenvalue weighted by Gasteiger charge is -2.15. The van der Waals surface area contributed by atoms with E-state index in [2.05, 4.69) is 25.8 Å². The fourth-order valence-corrected chi connectivity index (χ4v) is 3.90. The number of sulfonamides is 1. The summed E-state index contributed by atoms with van der Waals surface area (Å²) in [6, 6.07) is 10.2. The van der Waals surface area contributed by atoms with Crippen LogP contribution in [0.2, 0.25) is 0 Å². The quantitative estimate of drug-likeness (QED) is 0.644. The van der Waals surface area contributed by atoms with Gasteiger partial charge in [-0.05, 0) is 42.5 Å². The molecule has 0 atom stereocenters. The van der Waals surface area contributed by atoms with Gasteiger partial charge in [0.05, 0.1) is 21.8 Å². The molecule has 0 saturated carbocycles. The lowest BCUT2D eigenvalue weighted by Crippen LogP contribution is -2.16. The van der Waals surface area contributed by atoms with Crippen LogP contribution in [0.5, 0.6) is 0 Å². The van der Waals surface area contributed by atoms with E-state index in [1.54, 1.807) is 12.1 Å². The average molecular weight is 446 g/mol. The van der Waals surface area contributed by atoms with Crippen LogP contribution < -0.4 is 4.72 Å². The normalized spacial score (nSPS) is 12.2. The van der Waals surface area contributed by atoms with E-state index in [-0.39, 0.29) is 16.3 Å². The second-order valence-corrected chi connectivity index (χ2v) is 7.84. The summed E-state index contributed by atoms with van der Waals surface area (Å²) >= 11 is 3.17. The second-order valence-electron chi connectivity index (χ2n) is 5.24. The molecule has 1 N–H and O–H groups in total. The van der Waals surface area contributed by atoms with Crippen LogP contribution >= 0.6 is 15.9 Å². The van der Waals surface area contributed by atoms with Gasteiger partial charge in [0.1, 0.15) is 0 Å². The third-order valence-corrected chi connectivity index (χ3v) is 5.28. The fourth-order valence-electron chi connectivity index (χ4n) is 2.24. The molecule has 2 aromatic carbocycles. The van der Waals surface area contributed by atoms with Crippen LogP contribution in [0.15, 0.2) is 70.3 Å². The van der Waals surface area contributed by atoms with Crippen LogP contribution in [0.1, 0.15) is 5.56 Å². The maximum atomic E-state index is 13.0. The smallest absolute Gasteiger partial charge is 0.277 e. The minimum Gasteiger partial charge on any atom is -0.277 e. The van der Waals surface area contributed by atoms with E-state index >= 15 is 0 Å². The Kier molecular flexibility index (Phi) is 4.80. The van der Waals surface area contributed by atoms with E-state index in [9.17, 15) is 21.6 Å². The van der Waals surface area contributed by atoms with E-state index in [1.807, 2.05) is 0 Å². The Labute approximate surface area is 155 Å². The standard InChI is InChI=1S/C16H11BrF3N3O2S/c17-12-3-1-4-13(10-12)26(24,25)22-14-9-11(16(18,19)20)5-6-15(14)23-8-2-7-21-23/h1-10,22H. The Hall–Kier alpha value is -2.33. The zero-order valence-corrected chi connectivity index (χ0v) is 15.3. The Bertz CT molecular complexity index is 1040. The number of aromatic nitrogens is 2. The molecule has 0 saturated heterocycles. The highest BCUT2D eigenvalue weighted by atomic mass is 79.9. The van der Waals surface area contributed by atoms with Gasteiger partial charge in [0.25, 0.3) is 10.0 Å². The summed E-state index contributed by atoms with van der Waals surface area (Å²) in [4.78, 5) is -0.0873. The third kappa shape index (κ3) is 3.91. The summed E-state index contributed by atoms with van der Waals surface area (Å²) in [6.07, 6.45) is -1.68. The van der Waals surface area contributed by atoms with Gasteiger partial charge in [0.15, 0.2) is 0 Å². The molecular formula is C16H11BrF3N3O2S. The predicted octanol–water partition coefficient (Wildman–Crippen LogP) is 4.45. The number of hydrogen-bond donors (Lipinski definition) is 1. The zero-order valence-electron chi connectivity index (χ0n) is 12.9. The van der Waals surface area contributed by atoms with E-state index < -0.39 is 21.8 Å². The molecule has 0 aliphatic heterocycles. The van der Waals surface area contributed by atoms with Gasteiger partial charge in [0, 0.05) is 16.9 Å². The van der Waals surface area contributed by atoms with Crippen molar-refractivity contribution in [1.29, 1.82) is 0 Å². The van der Waals surface area contributed by atoms with E-state index in [4.69, 9.17) is 0 Å². The molecule has 10 heteroatoms. The molecule has 0 amide bonds. The topological polar surface area (TPSA) is 64.0 Å². The van der Waals surface area contributed by atoms with E-state index in [0.717, 1.165) is 18.2 Å². The van der Waals surface area contributed by atoms with Crippen LogP contribution in [-0.2, 0) is 16.2 Å². The van der Waals surface area contributed by atoms with Crippen molar-refractivity contribution in [2.45, 2.75) is 11.1 Å². The summed E-state index contributed by atoms with van der Waals surface area (Å²) in [6.45, 7) is 0. The van der Waals surface area contributed by atoms with Crippen molar-refractivity contribution in [1.82, 2.24) is 9.78 Å². The van der Waals surface area contributed by atoms with Crippen molar-refractivity contribution in [3.63, 3.8) is 0 Å². The van der Waals surface area contributed by atoms with Crippen LogP contribution in [0.25, 0.3) is 5.69 Å². The number of rotatable bonds is 4. The van der Waals surface area contributed by atoms with Gasteiger partial charge in [-0.15, -0.1) is 0 Å². The monoisotopic (exact) mass is 445 g/mol. The minimum absolute atomic E-state index is 0.0873. The lowest BCUT2D eigenvalue weighted by atomic mass is 10.1. The first kappa shape index (κ1) is 18.5. The van der Waals surface area contributed by atoms with Crippen molar-refractivity contribution >= 4 is 31.6 Å². The molecule has 1 aromatic heterocycles. The second kappa shape index (κ2) is 6.76. The highest BCUT2D eigenvalue weighted by molar-refractivity contribution is 9.10. The first-order chi connectivity index (χ1) is 12.2. The van der Waals surface area contributed by atoms with Gasteiger partial charge in [-0.3, -0.25) is 4.72 Å². The van der Waals surface area contributed by atoms with Gasteiger partial charge in [0.2, 0.25) is 0 Å². The summed E-state index contributed by atoms with van der Waals surface area (Å²) in [5, 5.41) is 3.95. The largest absolute Gasteiger partial charge is 0.416 e. The first-order valence-electron chi connectivity index (χ1n) is 7.16. The SMILES string of the molecule is O=S(=O)(Nc1cc(C(F)(F)F)ccc1-n1cccn1)c1cccc(Br)c1. The molecule has 5 nitrogen and oxygen atoms in total. The zero-order chi connectivity index (χ0) is 18.9. The van der Waals surface area contributed by atoms with Gasteiger partial charge in [-0.2, -0.15) is 18.3 Å². The summed E-state index contributed by atoms with van der Waals surface area (Å²) < 4.78 is 68.3. The summed E-state index contributed by atoms with van der Waals surface area (Å²) in [7, 11) is -4.10. The van der Waals surface area contributed by atoms with Gasteiger partial charge < -0.3 is 0 Å². The van der Waals surface area contributed by atoms with Crippen LogP contribution in [-0.4, -0.2) is 18.2 Å². The molecule has 0 fully saturated rings. The number of halogens is 4. The van der Waals surface area contributed by atoms with Crippen molar-refractivity contribution in [3.05, 3.63) is 71.0 Å². The molecule has 26 heavy (non-hydrogen) atoms. The molecule has 0 aliphatic rings. The lowest BCUT2D eigenvalue weighted by molar-refractivity contribution is -0.137. The average Bonchev–Trinajstić information content (AvgIpc) is 3.08. The van der Waals surface area contributed by atoms with Crippen molar-refractivity contribution < 1.29 is 21.6 Å². The number of anilines is 1. The summed E-state index contributed by atoms with van der Waals surface area (Å²) in [5.74, 6) is 0. The van der Waals surface area contributed by atoms with Gasteiger partial charge in [-0.1, -0.05) is 22.0 Å². The molecule has 136 valence electrons. The van der Waals surface area contributed by atoms with Gasteiger partial charge >= 0.3 is 6.18 Å². The number of benzene rings is 2. The Morgan fingerprint density at radius 2 is 1.85 bits per heavy atom. The molecule has 0 unspecified atom stereocenters. The molecule has 0 spiro atoms. The Morgan fingerprint density at radius 1 is 1.08 bits per heavy atom. The highest BCUT2D eigenvalue weighted by Crippen LogP contribution is 2.34. The third-order valence-electron chi connectivity index (χ3n) is 3.43. The maximum Gasteiger partial charge on any atom is 0.416 e. The minimum atomic E-state index is -4.61. The number of hydrogen-bond acceptors (Lipinski definition) is 3. The predicted molar refractivity (Wildman–Crippen MR) is 93.5 cm³/mol. The Balaban J connectivity index is 2.10. The molecule has 3 aromatic rings. The molecule has 0 aliphatic carbocycles. The van der Waals surface area contributed by atoms with E-state index in [0.29, 0.717) is 4.47 Å². The maximum absolute atomic E-state index is 13.0. The summed E-state index contributed by atoms with van der Waals surface area (Å²) in [5.41, 5.74) is -1.04.